The van der Waals surface area contributed by atoms with Crippen LogP contribution in [0.25, 0.3) is 0 Å². The maximum Gasteiger partial charge on any atom is 0.213 e. The van der Waals surface area contributed by atoms with Crippen LogP contribution in [-0.4, -0.2) is 26.8 Å². The van der Waals surface area contributed by atoms with Crippen LogP contribution in [0.2, 0.25) is 0 Å². The minimum Gasteiger partial charge on any atom is -0.313 e. The zero-order valence-corrected chi connectivity index (χ0v) is 12.7. The SMILES string of the molecule is Cc1cc(CNS(=O)(=O)CC2CCCN2)cc(C)c1F. The van der Waals surface area contributed by atoms with E-state index in [1.54, 1.807) is 26.0 Å². The molecule has 1 saturated heterocycles. The molecule has 4 nitrogen and oxygen atoms in total. The van der Waals surface area contributed by atoms with Crippen molar-refractivity contribution in [3.05, 3.63) is 34.6 Å². The van der Waals surface area contributed by atoms with Gasteiger partial charge >= 0.3 is 0 Å². The molecular formula is C14H21FN2O2S. The van der Waals surface area contributed by atoms with Crippen LogP contribution in [0.3, 0.4) is 0 Å². The fourth-order valence-electron chi connectivity index (χ4n) is 2.55. The van der Waals surface area contributed by atoms with Crippen LogP contribution < -0.4 is 10.0 Å². The summed E-state index contributed by atoms with van der Waals surface area (Å²) < 4.78 is 40.0. The van der Waals surface area contributed by atoms with Gasteiger partial charge in [-0.3, -0.25) is 0 Å². The van der Waals surface area contributed by atoms with Crippen LogP contribution in [0.5, 0.6) is 0 Å². The molecule has 20 heavy (non-hydrogen) atoms. The number of hydrogen-bond donors (Lipinski definition) is 2. The van der Waals surface area contributed by atoms with Gasteiger partial charge in [0.05, 0.1) is 5.75 Å². The van der Waals surface area contributed by atoms with E-state index in [1.165, 1.54) is 0 Å². The number of rotatable bonds is 5. The molecular weight excluding hydrogens is 279 g/mol. The number of halogens is 1. The standard InChI is InChI=1S/C14H21FN2O2S/c1-10-6-12(7-11(2)14(10)15)8-17-20(18,19)9-13-4-3-5-16-13/h6-7,13,16-17H,3-5,8-9H2,1-2H3. The third-order valence-corrected chi connectivity index (χ3v) is 5.00. The summed E-state index contributed by atoms with van der Waals surface area (Å²) in [5.74, 6) is -0.127. The molecule has 112 valence electrons. The molecule has 6 heteroatoms. The van der Waals surface area contributed by atoms with Crippen LogP contribution in [0, 0.1) is 19.7 Å². The minimum absolute atomic E-state index is 0.0455. The normalized spacial score (nSPS) is 19.4. The van der Waals surface area contributed by atoms with Gasteiger partial charge in [-0.05, 0) is 49.9 Å². The molecule has 2 rings (SSSR count). The Hall–Kier alpha value is -0.980. The molecule has 1 fully saturated rings. The third kappa shape index (κ3) is 4.01. The van der Waals surface area contributed by atoms with E-state index in [-0.39, 0.29) is 24.2 Å². The highest BCUT2D eigenvalue weighted by Crippen LogP contribution is 2.15. The summed E-state index contributed by atoms with van der Waals surface area (Å²) in [6.07, 6.45) is 1.92. The van der Waals surface area contributed by atoms with Crippen molar-refractivity contribution in [2.45, 2.75) is 39.3 Å². The van der Waals surface area contributed by atoms with E-state index in [2.05, 4.69) is 10.0 Å². The second-order valence-electron chi connectivity index (χ2n) is 5.44. The van der Waals surface area contributed by atoms with Crippen molar-refractivity contribution in [2.75, 3.05) is 12.3 Å². The van der Waals surface area contributed by atoms with Crippen LogP contribution >= 0.6 is 0 Å². The Balaban J connectivity index is 1.97. The van der Waals surface area contributed by atoms with E-state index in [4.69, 9.17) is 0 Å². The predicted octanol–water partition coefficient (Wildman–Crippen LogP) is 1.61. The van der Waals surface area contributed by atoms with E-state index in [0.717, 1.165) is 24.9 Å². The lowest BCUT2D eigenvalue weighted by Gasteiger charge is -2.12. The summed E-state index contributed by atoms with van der Waals surface area (Å²) in [4.78, 5) is 0. The zero-order valence-electron chi connectivity index (χ0n) is 11.9. The van der Waals surface area contributed by atoms with Gasteiger partial charge in [0.15, 0.2) is 0 Å². The third-order valence-electron chi connectivity index (χ3n) is 3.58. The summed E-state index contributed by atoms with van der Waals surface area (Å²) in [5, 5.41) is 3.17. The largest absolute Gasteiger partial charge is 0.313 e. The number of nitrogens with one attached hydrogen (secondary N) is 2. The number of sulfonamides is 1. The molecule has 0 saturated carbocycles. The van der Waals surface area contributed by atoms with Crippen molar-refractivity contribution in [2.24, 2.45) is 0 Å². The van der Waals surface area contributed by atoms with Crippen LogP contribution in [-0.2, 0) is 16.6 Å². The molecule has 1 unspecified atom stereocenters. The molecule has 0 spiro atoms. The van der Waals surface area contributed by atoms with E-state index in [1.807, 2.05) is 0 Å². The quantitative estimate of drug-likeness (QED) is 0.868. The lowest BCUT2D eigenvalue weighted by molar-refractivity contribution is 0.563. The molecule has 1 heterocycles. The summed E-state index contributed by atoms with van der Waals surface area (Å²) in [7, 11) is -3.31. The molecule has 1 atom stereocenters. The fourth-order valence-corrected chi connectivity index (χ4v) is 3.87. The Kier molecular flexibility index (Phi) is 4.78. The van der Waals surface area contributed by atoms with Gasteiger partial charge in [-0.25, -0.2) is 17.5 Å². The lowest BCUT2D eigenvalue weighted by atomic mass is 10.1. The average Bonchev–Trinajstić information content (AvgIpc) is 2.85. The Morgan fingerprint density at radius 1 is 1.35 bits per heavy atom. The van der Waals surface area contributed by atoms with Gasteiger partial charge < -0.3 is 5.32 Å². The van der Waals surface area contributed by atoms with E-state index in [9.17, 15) is 12.8 Å². The molecule has 2 N–H and O–H groups in total. The van der Waals surface area contributed by atoms with Gasteiger partial charge in [-0.1, -0.05) is 12.1 Å². The second-order valence-corrected chi connectivity index (χ2v) is 7.29. The van der Waals surface area contributed by atoms with Crippen molar-refractivity contribution in [1.82, 2.24) is 10.0 Å². The first kappa shape index (κ1) is 15.4. The smallest absolute Gasteiger partial charge is 0.213 e. The highest BCUT2D eigenvalue weighted by molar-refractivity contribution is 7.89. The Morgan fingerprint density at radius 2 is 2.00 bits per heavy atom. The van der Waals surface area contributed by atoms with Gasteiger partial charge in [0.1, 0.15) is 5.82 Å². The van der Waals surface area contributed by atoms with Gasteiger partial charge in [0.2, 0.25) is 10.0 Å². The number of hydrogen-bond acceptors (Lipinski definition) is 3. The van der Waals surface area contributed by atoms with Gasteiger partial charge in [-0.2, -0.15) is 0 Å². The molecule has 1 aromatic carbocycles. The van der Waals surface area contributed by atoms with Crippen molar-refractivity contribution in [3.63, 3.8) is 0 Å². The molecule has 0 radical (unpaired) electrons. The van der Waals surface area contributed by atoms with Gasteiger partial charge in [-0.15, -0.1) is 0 Å². The van der Waals surface area contributed by atoms with Gasteiger partial charge in [0.25, 0.3) is 0 Å². The van der Waals surface area contributed by atoms with Crippen LogP contribution in [0.1, 0.15) is 29.5 Å². The predicted molar refractivity (Wildman–Crippen MR) is 77.5 cm³/mol. The first-order valence-corrected chi connectivity index (χ1v) is 8.49. The lowest BCUT2D eigenvalue weighted by Crippen LogP contribution is -2.36. The van der Waals surface area contributed by atoms with E-state index in [0.29, 0.717) is 11.1 Å². The van der Waals surface area contributed by atoms with Crippen molar-refractivity contribution < 1.29 is 12.8 Å². The first-order chi connectivity index (χ1) is 9.37. The highest BCUT2D eigenvalue weighted by Gasteiger charge is 2.21. The molecule has 0 aromatic heterocycles. The van der Waals surface area contributed by atoms with Crippen molar-refractivity contribution >= 4 is 10.0 Å². The summed E-state index contributed by atoms with van der Waals surface area (Å²) in [5.41, 5.74) is 1.86. The Morgan fingerprint density at radius 3 is 2.55 bits per heavy atom. The first-order valence-electron chi connectivity index (χ1n) is 6.84. The van der Waals surface area contributed by atoms with Crippen LogP contribution in [0.15, 0.2) is 12.1 Å². The topological polar surface area (TPSA) is 58.2 Å². The monoisotopic (exact) mass is 300 g/mol. The zero-order chi connectivity index (χ0) is 14.8. The Bertz CT molecular complexity index is 558. The highest BCUT2D eigenvalue weighted by atomic mass is 32.2. The van der Waals surface area contributed by atoms with Crippen molar-refractivity contribution in [1.29, 1.82) is 0 Å². The second kappa shape index (κ2) is 6.20. The minimum atomic E-state index is -3.31. The molecule has 1 aliphatic rings. The van der Waals surface area contributed by atoms with E-state index < -0.39 is 10.0 Å². The summed E-state index contributed by atoms with van der Waals surface area (Å²) in [6, 6.07) is 3.40. The Labute approximate surface area is 119 Å². The summed E-state index contributed by atoms with van der Waals surface area (Å²) >= 11 is 0. The average molecular weight is 300 g/mol. The molecule has 0 aliphatic carbocycles. The summed E-state index contributed by atoms with van der Waals surface area (Å²) in [6.45, 7) is 4.46. The fraction of sp³-hybridized carbons (Fsp3) is 0.571. The maximum atomic E-state index is 13.5. The van der Waals surface area contributed by atoms with Gasteiger partial charge in [0, 0.05) is 12.6 Å². The molecule has 0 amide bonds. The molecule has 1 aromatic rings. The van der Waals surface area contributed by atoms with E-state index >= 15 is 0 Å². The molecule has 1 aliphatic heterocycles. The van der Waals surface area contributed by atoms with Crippen LogP contribution in [0.4, 0.5) is 4.39 Å². The van der Waals surface area contributed by atoms with Crippen molar-refractivity contribution in [3.8, 4) is 0 Å². The number of benzene rings is 1. The molecule has 0 bridgehead atoms. The number of aryl methyl sites for hydroxylation is 2. The maximum absolute atomic E-state index is 13.5.